The average molecular weight is 356 g/mol. The number of hydrogen-bond donors (Lipinski definition) is 1. The van der Waals surface area contributed by atoms with E-state index in [1.807, 2.05) is 6.92 Å². The van der Waals surface area contributed by atoms with Crippen LogP contribution in [0.4, 0.5) is 0 Å². The first-order valence-electron chi connectivity index (χ1n) is 8.38. The third-order valence-electron chi connectivity index (χ3n) is 3.71. The SMILES string of the molecule is CCCCCCCC(NCC)c1ccc(OCC)c(Br)c1. The van der Waals surface area contributed by atoms with Crippen LogP contribution < -0.4 is 10.1 Å². The minimum Gasteiger partial charge on any atom is -0.493 e. The summed E-state index contributed by atoms with van der Waals surface area (Å²) in [6.07, 6.45) is 7.87. The van der Waals surface area contributed by atoms with E-state index in [9.17, 15) is 0 Å². The highest BCUT2D eigenvalue weighted by atomic mass is 79.9. The summed E-state index contributed by atoms with van der Waals surface area (Å²) in [4.78, 5) is 0. The largest absolute Gasteiger partial charge is 0.493 e. The lowest BCUT2D eigenvalue weighted by atomic mass is 9.99. The molecule has 3 heteroatoms. The Labute approximate surface area is 138 Å². The Balaban J connectivity index is 2.60. The van der Waals surface area contributed by atoms with Gasteiger partial charge in [-0.05, 0) is 53.5 Å². The van der Waals surface area contributed by atoms with Gasteiger partial charge in [0.15, 0.2) is 0 Å². The topological polar surface area (TPSA) is 21.3 Å². The van der Waals surface area contributed by atoms with E-state index in [1.54, 1.807) is 0 Å². The van der Waals surface area contributed by atoms with Gasteiger partial charge in [-0.15, -0.1) is 0 Å². The Morgan fingerprint density at radius 2 is 1.86 bits per heavy atom. The normalized spacial score (nSPS) is 12.4. The number of nitrogens with one attached hydrogen (secondary N) is 1. The fourth-order valence-corrected chi connectivity index (χ4v) is 3.10. The lowest BCUT2D eigenvalue weighted by Gasteiger charge is -2.19. The zero-order chi connectivity index (χ0) is 15.5. The Bertz CT molecular complexity index is 395. The van der Waals surface area contributed by atoms with Gasteiger partial charge in [0, 0.05) is 6.04 Å². The molecule has 1 rings (SSSR count). The van der Waals surface area contributed by atoms with Gasteiger partial charge in [-0.2, -0.15) is 0 Å². The van der Waals surface area contributed by atoms with Crippen molar-refractivity contribution in [2.45, 2.75) is 65.3 Å². The molecule has 1 aromatic rings. The molecule has 1 unspecified atom stereocenters. The molecule has 0 heterocycles. The van der Waals surface area contributed by atoms with Crippen LogP contribution in [0.1, 0.15) is 70.9 Å². The molecular formula is C18H30BrNO. The molecule has 0 spiro atoms. The molecule has 0 fully saturated rings. The summed E-state index contributed by atoms with van der Waals surface area (Å²) in [5.74, 6) is 0.930. The predicted molar refractivity (Wildman–Crippen MR) is 95.1 cm³/mol. The maximum atomic E-state index is 5.59. The van der Waals surface area contributed by atoms with E-state index in [2.05, 4.69) is 53.3 Å². The first-order valence-corrected chi connectivity index (χ1v) is 9.17. The Hall–Kier alpha value is -0.540. The fraction of sp³-hybridized carbons (Fsp3) is 0.667. The molecule has 0 radical (unpaired) electrons. The molecule has 0 saturated carbocycles. The van der Waals surface area contributed by atoms with Gasteiger partial charge in [0.1, 0.15) is 5.75 Å². The van der Waals surface area contributed by atoms with E-state index in [0.717, 1.165) is 16.8 Å². The van der Waals surface area contributed by atoms with E-state index in [4.69, 9.17) is 4.74 Å². The van der Waals surface area contributed by atoms with Crippen LogP contribution >= 0.6 is 15.9 Å². The van der Waals surface area contributed by atoms with Crippen molar-refractivity contribution in [3.8, 4) is 5.75 Å². The molecule has 1 aromatic carbocycles. The number of halogens is 1. The second-order valence-corrected chi connectivity index (χ2v) is 6.29. The van der Waals surface area contributed by atoms with Crippen LogP contribution in [0.3, 0.4) is 0 Å². The van der Waals surface area contributed by atoms with Crippen LogP contribution in [0.2, 0.25) is 0 Å². The van der Waals surface area contributed by atoms with Crippen molar-refractivity contribution in [2.75, 3.05) is 13.2 Å². The van der Waals surface area contributed by atoms with Gasteiger partial charge < -0.3 is 10.1 Å². The van der Waals surface area contributed by atoms with Gasteiger partial charge >= 0.3 is 0 Å². The van der Waals surface area contributed by atoms with Crippen molar-refractivity contribution >= 4 is 15.9 Å². The highest BCUT2D eigenvalue weighted by molar-refractivity contribution is 9.10. The monoisotopic (exact) mass is 355 g/mol. The third kappa shape index (κ3) is 6.84. The third-order valence-corrected chi connectivity index (χ3v) is 4.32. The standard InChI is InChI=1S/C18H30BrNO/c1-4-7-8-9-10-11-17(20-5-2)15-12-13-18(21-6-3)16(19)14-15/h12-14,17,20H,4-11H2,1-3H3. The molecule has 0 aliphatic rings. The molecule has 0 aliphatic heterocycles. The molecular weight excluding hydrogens is 326 g/mol. The van der Waals surface area contributed by atoms with Crippen LogP contribution in [0.15, 0.2) is 22.7 Å². The van der Waals surface area contributed by atoms with Crippen molar-refractivity contribution < 1.29 is 4.74 Å². The number of unbranched alkanes of at least 4 members (excludes halogenated alkanes) is 4. The van der Waals surface area contributed by atoms with Gasteiger partial charge in [0.25, 0.3) is 0 Å². The summed E-state index contributed by atoms with van der Waals surface area (Å²) in [6.45, 7) is 8.15. The minimum atomic E-state index is 0.448. The highest BCUT2D eigenvalue weighted by Gasteiger charge is 2.12. The summed E-state index contributed by atoms with van der Waals surface area (Å²) >= 11 is 3.62. The quantitative estimate of drug-likeness (QED) is 0.502. The fourth-order valence-electron chi connectivity index (χ4n) is 2.59. The predicted octanol–water partition coefficient (Wildman–Crippen LogP) is 5.86. The summed E-state index contributed by atoms with van der Waals surface area (Å²) in [6, 6.07) is 6.91. The highest BCUT2D eigenvalue weighted by Crippen LogP contribution is 2.30. The summed E-state index contributed by atoms with van der Waals surface area (Å²) in [7, 11) is 0. The molecule has 0 bridgehead atoms. The van der Waals surface area contributed by atoms with Crippen molar-refractivity contribution in [1.82, 2.24) is 5.32 Å². The molecule has 21 heavy (non-hydrogen) atoms. The lowest BCUT2D eigenvalue weighted by Crippen LogP contribution is -2.20. The van der Waals surface area contributed by atoms with Crippen molar-refractivity contribution in [2.24, 2.45) is 0 Å². The Morgan fingerprint density at radius 3 is 2.48 bits per heavy atom. The maximum absolute atomic E-state index is 5.59. The zero-order valence-corrected chi connectivity index (χ0v) is 15.3. The summed E-state index contributed by atoms with van der Waals surface area (Å²) < 4.78 is 6.64. The summed E-state index contributed by atoms with van der Waals surface area (Å²) in [5, 5.41) is 3.61. The number of benzene rings is 1. The van der Waals surface area contributed by atoms with Gasteiger partial charge in [-0.1, -0.05) is 52.0 Å². The number of hydrogen-bond acceptors (Lipinski definition) is 2. The van der Waals surface area contributed by atoms with E-state index >= 15 is 0 Å². The zero-order valence-electron chi connectivity index (χ0n) is 13.8. The van der Waals surface area contributed by atoms with Crippen LogP contribution in [-0.2, 0) is 0 Å². The van der Waals surface area contributed by atoms with E-state index in [0.29, 0.717) is 12.6 Å². The molecule has 1 N–H and O–H groups in total. The molecule has 2 nitrogen and oxygen atoms in total. The van der Waals surface area contributed by atoms with E-state index < -0.39 is 0 Å². The van der Waals surface area contributed by atoms with Crippen LogP contribution in [0.5, 0.6) is 5.75 Å². The molecule has 0 aliphatic carbocycles. The average Bonchev–Trinajstić information content (AvgIpc) is 2.48. The lowest BCUT2D eigenvalue weighted by molar-refractivity contribution is 0.338. The van der Waals surface area contributed by atoms with Gasteiger partial charge in [0.2, 0.25) is 0 Å². The molecule has 0 saturated heterocycles. The smallest absolute Gasteiger partial charge is 0.133 e. The van der Waals surface area contributed by atoms with Crippen LogP contribution in [-0.4, -0.2) is 13.2 Å². The molecule has 0 aromatic heterocycles. The van der Waals surface area contributed by atoms with Crippen LogP contribution in [0.25, 0.3) is 0 Å². The molecule has 120 valence electrons. The number of rotatable bonds is 11. The minimum absolute atomic E-state index is 0.448. The Kier molecular flexibility index (Phi) is 9.77. The van der Waals surface area contributed by atoms with E-state index in [1.165, 1.54) is 44.1 Å². The second kappa shape index (κ2) is 11.1. The van der Waals surface area contributed by atoms with Crippen LogP contribution in [0, 0.1) is 0 Å². The van der Waals surface area contributed by atoms with Crippen molar-refractivity contribution in [3.05, 3.63) is 28.2 Å². The van der Waals surface area contributed by atoms with Gasteiger partial charge in [0.05, 0.1) is 11.1 Å². The Morgan fingerprint density at radius 1 is 1.10 bits per heavy atom. The molecule has 0 amide bonds. The van der Waals surface area contributed by atoms with Gasteiger partial charge in [-0.25, -0.2) is 0 Å². The summed E-state index contributed by atoms with van der Waals surface area (Å²) in [5.41, 5.74) is 1.35. The second-order valence-electron chi connectivity index (χ2n) is 5.44. The van der Waals surface area contributed by atoms with Gasteiger partial charge in [-0.3, -0.25) is 0 Å². The first-order chi connectivity index (χ1) is 10.2. The molecule has 1 atom stereocenters. The van der Waals surface area contributed by atoms with Crippen molar-refractivity contribution in [1.29, 1.82) is 0 Å². The van der Waals surface area contributed by atoms with Crippen molar-refractivity contribution in [3.63, 3.8) is 0 Å². The first kappa shape index (κ1) is 18.5. The maximum Gasteiger partial charge on any atom is 0.133 e. The number of ether oxygens (including phenoxy) is 1. The van der Waals surface area contributed by atoms with E-state index in [-0.39, 0.29) is 0 Å².